The Morgan fingerprint density at radius 1 is 1.13 bits per heavy atom. The maximum absolute atomic E-state index is 12.6. The Morgan fingerprint density at radius 3 is 2.33 bits per heavy atom. The fourth-order valence-corrected chi connectivity index (χ4v) is 2.65. The van der Waals surface area contributed by atoms with Gasteiger partial charge in [-0.1, -0.05) is 32.9 Å². The van der Waals surface area contributed by atoms with Crippen molar-refractivity contribution in [2.45, 2.75) is 46.1 Å². The predicted molar refractivity (Wildman–Crippen MR) is 120 cm³/mol. The van der Waals surface area contributed by atoms with Crippen LogP contribution in [0, 0.1) is 0 Å². The van der Waals surface area contributed by atoms with Crippen LogP contribution in [0.1, 0.15) is 56.2 Å². The molecule has 1 amide bonds. The second-order valence-corrected chi connectivity index (χ2v) is 8.19. The minimum atomic E-state index is -0.380. The highest BCUT2D eigenvalue weighted by atomic mass is 16.2. The van der Waals surface area contributed by atoms with E-state index in [0.29, 0.717) is 29.1 Å². The summed E-state index contributed by atoms with van der Waals surface area (Å²) in [4.78, 5) is 32.7. The average Bonchev–Trinajstić information content (AvgIpc) is 2.70. The molecule has 158 valence electrons. The lowest BCUT2D eigenvalue weighted by Gasteiger charge is -2.19. The molecule has 7 heteroatoms. The number of amides is 1. The Morgan fingerprint density at radius 2 is 1.80 bits per heavy atom. The molecule has 0 atom stereocenters. The first-order chi connectivity index (χ1) is 14.1. The number of anilines is 1. The van der Waals surface area contributed by atoms with Crippen LogP contribution in [0.4, 0.5) is 5.95 Å². The van der Waals surface area contributed by atoms with Crippen molar-refractivity contribution in [3.05, 3.63) is 71.3 Å². The van der Waals surface area contributed by atoms with Crippen molar-refractivity contribution in [2.75, 3.05) is 5.32 Å². The summed E-state index contributed by atoms with van der Waals surface area (Å²) in [6.45, 7) is 10.3. The number of benzene rings is 1. The topological polar surface area (TPSA) is 110 Å². The maximum Gasteiger partial charge on any atom is 0.255 e. The number of rotatable bonds is 7. The summed E-state index contributed by atoms with van der Waals surface area (Å²) in [5.74, 6) is 0.0703. The third-order valence-electron chi connectivity index (χ3n) is 4.26. The lowest BCUT2D eigenvalue weighted by atomic mass is 9.87. The number of nitrogens with one attached hydrogen (secondary N) is 2. The minimum absolute atomic E-state index is 0.00942. The summed E-state index contributed by atoms with van der Waals surface area (Å²) >= 11 is 0. The zero-order valence-electron chi connectivity index (χ0n) is 18.1. The van der Waals surface area contributed by atoms with Gasteiger partial charge < -0.3 is 16.4 Å². The second-order valence-electron chi connectivity index (χ2n) is 8.19. The minimum Gasteiger partial charge on any atom is -0.404 e. The fourth-order valence-electron chi connectivity index (χ4n) is 2.65. The highest BCUT2D eigenvalue weighted by Crippen LogP contribution is 2.22. The number of nitrogens with two attached hydrogens (primary N) is 1. The molecule has 0 aliphatic heterocycles. The van der Waals surface area contributed by atoms with Crippen molar-refractivity contribution >= 4 is 23.7 Å². The van der Waals surface area contributed by atoms with Crippen LogP contribution in [0.15, 0.2) is 54.5 Å². The molecule has 7 nitrogen and oxygen atoms in total. The van der Waals surface area contributed by atoms with Gasteiger partial charge in [0.15, 0.2) is 6.29 Å². The molecule has 2 aromatic rings. The first-order valence-electron chi connectivity index (χ1n) is 9.74. The molecular weight excluding hydrogens is 378 g/mol. The third-order valence-corrected chi connectivity index (χ3v) is 4.26. The van der Waals surface area contributed by atoms with Gasteiger partial charge in [0.05, 0.1) is 11.4 Å². The number of aromatic nitrogens is 2. The van der Waals surface area contributed by atoms with Gasteiger partial charge in [0, 0.05) is 29.6 Å². The van der Waals surface area contributed by atoms with Gasteiger partial charge in [-0.05, 0) is 49.1 Å². The van der Waals surface area contributed by atoms with Crippen molar-refractivity contribution in [3.63, 3.8) is 0 Å². The molecule has 0 aliphatic rings. The van der Waals surface area contributed by atoms with Gasteiger partial charge in [-0.3, -0.25) is 9.59 Å². The number of hydrogen-bond donors (Lipinski definition) is 3. The Hall–Kier alpha value is -3.48. The Labute approximate surface area is 177 Å². The van der Waals surface area contributed by atoms with Crippen LogP contribution in [-0.2, 0) is 10.2 Å². The predicted octanol–water partition coefficient (Wildman–Crippen LogP) is 3.41. The lowest BCUT2D eigenvalue weighted by molar-refractivity contribution is -0.105. The lowest BCUT2D eigenvalue weighted by Crippen LogP contribution is -2.24. The third kappa shape index (κ3) is 6.27. The van der Waals surface area contributed by atoms with Crippen LogP contribution >= 0.6 is 0 Å². The SMILES string of the molecule is CC(C)Nc1nccc(C(/C=C(\C=O)NC(=O)c2ccc(C(C)(C)C)cc2)=C/N)n1. The fraction of sp³-hybridized carbons (Fsp3) is 0.304. The van der Waals surface area contributed by atoms with E-state index in [-0.39, 0.29) is 23.1 Å². The Bertz CT molecular complexity index is 954. The molecule has 4 N–H and O–H groups in total. The number of carbonyl (C=O) groups excluding carboxylic acids is 2. The van der Waals surface area contributed by atoms with Crippen LogP contribution in [0.25, 0.3) is 5.57 Å². The monoisotopic (exact) mass is 407 g/mol. The normalized spacial score (nSPS) is 12.6. The van der Waals surface area contributed by atoms with Crippen LogP contribution in [-0.4, -0.2) is 28.2 Å². The largest absolute Gasteiger partial charge is 0.404 e. The molecule has 30 heavy (non-hydrogen) atoms. The van der Waals surface area contributed by atoms with Crippen LogP contribution in [0.3, 0.4) is 0 Å². The summed E-state index contributed by atoms with van der Waals surface area (Å²) in [5.41, 5.74) is 8.39. The highest BCUT2D eigenvalue weighted by molar-refractivity contribution is 5.99. The van der Waals surface area contributed by atoms with E-state index < -0.39 is 0 Å². The van der Waals surface area contributed by atoms with Crippen molar-refractivity contribution in [1.29, 1.82) is 0 Å². The maximum atomic E-state index is 12.6. The highest BCUT2D eigenvalue weighted by Gasteiger charge is 2.15. The molecule has 0 unspecified atom stereocenters. The molecule has 1 aromatic carbocycles. The molecule has 0 fully saturated rings. The summed E-state index contributed by atoms with van der Waals surface area (Å²) in [7, 11) is 0. The van der Waals surface area contributed by atoms with Gasteiger partial charge in [-0.2, -0.15) is 0 Å². The number of nitrogens with zero attached hydrogens (tertiary/aromatic N) is 2. The van der Waals surface area contributed by atoms with Gasteiger partial charge in [0.2, 0.25) is 5.95 Å². The van der Waals surface area contributed by atoms with Crippen LogP contribution in [0.5, 0.6) is 0 Å². The van der Waals surface area contributed by atoms with E-state index in [9.17, 15) is 9.59 Å². The molecule has 0 spiro atoms. The van der Waals surface area contributed by atoms with E-state index >= 15 is 0 Å². The summed E-state index contributed by atoms with van der Waals surface area (Å²) in [5, 5.41) is 5.73. The Balaban J connectivity index is 2.21. The van der Waals surface area contributed by atoms with Gasteiger partial charge in [0.1, 0.15) is 0 Å². The summed E-state index contributed by atoms with van der Waals surface area (Å²) in [6, 6.07) is 9.15. The van der Waals surface area contributed by atoms with E-state index in [2.05, 4.69) is 41.4 Å². The summed E-state index contributed by atoms with van der Waals surface area (Å²) < 4.78 is 0. The quantitative estimate of drug-likeness (QED) is 0.369. The average molecular weight is 408 g/mol. The summed E-state index contributed by atoms with van der Waals surface area (Å²) in [6.07, 6.45) is 4.98. The van der Waals surface area contributed by atoms with Crippen molar-refractivity contribution < 1.29 is 9.59 Å². The van der Waals surface area contributed by atoms with E-state index in [1.807, 2.05) is 26.0 Å². The van der Waals surface area contributed by atoms with Gasteiger partial charge in [-0.15, -0.1) is 0 Å². The van der Waals surface area contributed by atoms with E-state index in [1.54, 1.807) is 24.4 Å². The first-order valence-corrected chi connectivity index (χ1v) is 9.74. The van der Waals surface area contributed by atoms with Crippen LogP contribution < -0.4 is 16.4 Å². The second kappa shape index (κ2) is 9.82. The van der Waals surface area contributed by atoms with Crippen molar-refractivity contribution in [2.24, 2.45) is 5.73 Å². The van der Waals surface area contributed by atoms with Gasteiger partial charge in [0.25, 0.3) is 5.91 Å². The number of hydrogen-bond acceptors (Lipinski definition) is 6. The van der Waals surface area contributed by atoms with Gasteiger partial charge in [-0.25, -0.2) is 9.97 Å². The molecule has 2 rings (SSSR count). The molecule has 0 radical (unpaired) electrons. The number of aldehydes is 1. The molecule has 0 bridgehead atoms. The molecular formula is C23H29N5O2. The molecule has 0 saturated heterocycles. The van der Waals surface area contributed by atoms with Gasteiger partial charge >= 0.3 is 0 Å². The van der Waals surface area contributed by atoms with Crippen molar-refractivity contribution in [1.82, 2.24) is 15.3 Å². The van der Waals surface area contributed by atoms with E-state index in [1.165, 1.54) is 12.3 Å². The number of carbonyl (C=O) groups is 2. The molecule has 0 aliphatic carbocycles. The zero-order valence-corrected chi connectivity index (χ0v) is 18.1. The van der Waals surface area contributed by atoms with Crippen LogP contribution in [0.2, 0.25) is 0 Å². The Kier molecular flexibility index (Phi) is 7.47. The first kappa shape index (κ1) is 22.8. The van der Waals surface area contributed by atoms with E-state index in [4.69, 9.17) is 5.73 Å². The zero-order chi connectivity index (χ0) is 22.3. The molecule has 1 heterocycles. The number of allylic oxidation sites excluding steroid dienone is 3. The van der Waals surface area contributed by atoms with E-state index in [0.717, 1.165) is 5.56 Å². The smallest absolute Gasteiger partial charge is 0.255 e. The standard InChI is InChI=1S/C23H29N5O2/c1-15(2)26-22-25-11-10-20(28-22)17(13-24)12-19(14-29)27-21(30)16-6-8-18(9-7-16)23(3,4)5/h6-15H,24H2,1-5H3,(H,27,30)(H,25,26,28)/b17-13+,19-12+. The molecule has 1 aromatic heterocycles. The van der Waals surface area contributed by atoms with Crippen molar-refractivity contribution in [3.8, 4) is 0 Å². The molecule has 0 saturated carbocycles.